The van der Waals surface area contributed by atoms with Gasteiger partial charge in [0.15, 0.2) is 0 Å². The first-order chi connectivity index (χ1) is 7.24. The lowest BCUT2D eigenvalue weighted by molar-refractivity contribution is -0.118. The van der Waals surface area contributed by atoms with Crippen LogP contribution in [-0.4, -0.2) is 29.9 Å². The van der Waals surface area contributed by atoms with Crippen molar-refractivity contribution in [3.63, 3.8) is 0 Å². The lowest BCUT2D eigenvalue weighted by Crippen LogP contribution is -2.40. The number of hydrogen-bond acceptors (Lipinski definition) is 4. The molecule has 0 saturated heterocycles. The Labute approximate surface area is 94.5 Å². The van der Waals surface area contributed by atoms with Crippen molar-refractivity contribution in [1.82, 2.24) is 5.32 Å². The molecular formula is C10H18N2O4. The van der Waals surface area contributed by atoms with Gasteiger partial charge in [-0.25, -0.2) is 4.79 Å². The zero-order chi connectivity index (χ0) is 12.8. The number of rotatable bonds is 5. The highest BCUT2D eigenvalue weighted by Crippen LogP contribution is 2.07. The van der Waals surface area contributed by atoms with Gasteiger partial charge in [-0.05, 0) is 27.2 Å². The molecule has 92 valence electrons. The minimum absolute atomic E-state index is 0.0409. The Hall–Kier alpha value is -1.59. The molecule has 16 heavy (non-hydrogen) atoms. The van der Waals surface area contributed by atoms with Gasteiger partial charge in [-0.2, -0.15) is 0 Å². The summed E-state index contributed by atoms with van der Waals surface area (Å²) in [5, 5.41) is 2.34. The van der Waals surface area contributed by atoms with E-state index < -0.39 is 23.6 Å². The summed E-state index contributed by atoms with van der Waals surface area (Å²) in [5.41, 5.74) is 4.31. The minimum Gasteiger partial charge on any atom is -0.444 e. The molecule has 0 rings (SSSR count). The molecule has 0 heterocycles. The summed E-state index contributed by atoms with van der Waals surface area (Å²) in [6, 6.07) is -0.748. The van der Waals surface area contributed by atoms with Gasteiger partial charge in [-0.1, -0.05) is 0 Å². The van der Waals surface area contributed by atoms with Crippen LogP contribution in [0.4, 0.5) is 4.79 Å². The summed E-state index contributed by atoms with van der Waals surface area (Å²) in [4.78, 5) is 32.4. The Bertz CT molecular complexity index is 270. The fraction of sp³-hybridized carbons (Fsp3) is 0.700. The molecule has 0 radical (unpaired) electrons. The second-order valence-electron chi connectivity index (χ2n) is 4.39. The van der Waals surface area contributed by atoms with Crippen LogP contribution in [0.3, 0.4) is 0 Å². The van der Waals surface area contributed by atoms with Gasteiger partial charge >= 0.3 is 6.09 Å². The number of nitrogens with one attached hydrogen (secondary N) is 1. The van der Waals surface area contributed by atoms with Gasteiger partial charge in [0.25, 0.3) is 0 Å². The van der Waals surface area contributed by atoms with E-state index in [1.807, 2.05) is 0 Å². The fourth-order valence-corrected chi connectivity index (χ4v) is 0.931. The van der Waals surface area contributed by atoms with Crippen molar-refractivity contribution in [2.24, 2.45) is 5.73 Å². The highest BCUT2D eigenvalue weighted by Gasteiger charge is 2.19. The topological polar surface area (TPSA) is 98.5 Å². The van der Waals surface area contributed by atoms with Crippen molar-refractivity contribution in [3.8, 4) is 0 Å². The van der Waals surface area contributed by atoms with Crippen LogP contribution in [0.5, 0.6) is 0 Å². The van der Waals surface area contributed by atoms with Crippen LogP contribution in [0, 0.1) is 0 Å². The van der Waals surface area contributed by atoms with Gasteiger partial charge in [-0.3, -0.25) is 4.79 Å². The molecular weight excluding hydrogens is 212 g/mol. The minimum atomic E-state index is -0.748. The Balaban J connectivity index is 4.07. The lowest BCUT2D eigenvalue weighted by Gasteiger charge is -2.21. The number of nitrogens with two attached hydrogens (primary N) is 1. The van der Waals surface area contributed by atoms with Crippen LogP contribution in [0.1, 0.15) is 33.6 Å². The molecule has 6 heteroatoms. The van der Waals surface area contributed by atoms with Crippen LogP contribution < -0.4 is 11.1 Å². The SMILES string of the molecule is CC(C)(C)OC(=O)N[C@@H](C=O)CCC(N)=O. The third kappa shape index (κ3) is 7.78. The van der Waals surface area contributed by atoms with Crippen molar-refractivity contribution in [2.45, 2.75) is 45.3 Å². The van der Waals surface area contributed by atoms with Crippen LogP contribution >= 0.6 is 0 Å². The second kappa shape index (κ2) is 6.09. The number of aldehydes is 1. The molecule has 0 aliphatic heterocycles. The number of carbonyl (C=O) groups is 3. The maximum Gasteiger partial charge on any atom is 0.408 e. The van der Waals surface area contributed by atoms with E-state index in [9.17, 15) is 14.4 Å². The van der Waals surface area contributed by atoms with E-state index in [1.54, 1.807) is 20.8 Å². The normalized spacial score (nSPS) is 12.7. The van der Waals surface area contributed by atoms with Crippen LogP contribution in [0.2, 0.25) is 0 Å². The average Bonchev–Trinajstić information content (AvgIpc) is 2.08. The Kier molecular flexibility index (Phi) is 5.49. The van der Waals surface area contributed by atoms with Crippen LogP contribution in [0.25, 0.3) is 0 Å². The molecule has 0 aliphatic carbocycles. The van der Waals surface area contributed by atoms with Crippen LogP contribution in [0.15, 0.2) is 0 Å². The van der Waals surface area contributed by atoms with Gasteiger partial charge in [0.2, 0.25) is 5.91 Å². The van der Waals surface area contributed by atoms with E-state index >= 15 is 0 Å². The molecule has 0 saturated carbocycles. The summed E-state index contributed by atoms with van der Waals surface area (Å²) in [6.45, 7) is 5.14. The van der Waals surface area contributed by atoms with E-state index in [4.69, 9.17) is 10.5 Å². The quantitative estimate of drug-likeness (QED) is 0.665. The molecule has 0 aromatic carbocycles. The van der Waals surface area contributed by atoms with Crippen molar-refractivity contribution in [2.75, 3.05) is 0 Å². The molecule has 0 aliphatic rings. The van der Waals surface area contributed by atoms with Gasteiger partial charge in [0, 0.05) is 6.42 Å². The molecule has 6 nitrogen and oxygen atoms in total. The van der Waals surface area contributed by atoms with Gasteiger partial charge < -0.3 is 20.6 Å². The van der Waals surface area contributed by atoms with Crippen molar-refractivity contribution >= 4 is 18.3 Å². The Morgan fingerprint density at radius 1 is 1.44 bits per heavy atom. The maximum absolute atomic E-state index is 11.3. The summed E-state index contributed by atoms with van der Waals surface area (Å²) in [6.07, 6.45) is 0.0820. The molecule has 0 fully saturated rings. The Morgan fingerprint density at radius 3 is 2.38 bits per heavy atom. The summed E-state index contributed by atoms with van der Waals surface area (Å²) in [7, 11) is 0. The lowest BCUT2D eigenvalue weighted by atomic mass is 10.2. The summed E-state index contributed by atoms with van der Waals surface area (Å²) < 4.78 is 4.95. The monoisotopic (exact) mass is 230 g/mol. The average molecular weight is 230 g/mol. The molecule has 0 bridgehead atoms. The van der Waals surface area contributed by atoms with E-state index in [-0.39, 0.29) is 12.8 Å². The fourth-order valence-electron chi connectivity index (χ4n) is 0.931. The molecule has 3 N–H and O–H groups in total. The molecule has 1 atom stereocenters. The zero-order valence-corrected chi connectivity index (χ0v) is 9.78. The summed E-state index contributed by atoms with van der Waals surface area (Å²) >= 11 is 0. The van der Waals surface area contributed by atoms with Crippen molar-refractivity contribution < 1.29 is 19.1 Å². The highest BCUT2D eigenvalue weighted by molar-refractivity contribution is 5.76. The highest BCUT2D eigenvalue weighted by atomic mass is 16.6. The van der Waals surface area contributed by atoms with Crippen molar-refractivity contribution in [1.29, 1.82) is 0 Å². The van der Waals surface area contributed by atoms with Gasteiger partial charge in [-0.15, -0.1) is 0 Å². The largest absolute Gasteiger partial charge is 0.444 e. The molecule has 0 unspecified atom stereocenters. The maximum atomic E-state index is 11.3. The van der Waals surface area contributed by atoms with Crippen molar-refractivity contribution in [3.05, 3.63) is 0 Å². The summed E-state index contributed by atoms with van der Waals surface area (Å²) in [5.74, 6) is -0.516. The molecule has 0 spiro atoms. The number of primary amides is 1. The second-order valence-corrected chi connectivity index (χ2v) is 4.39. The molecule has 2 amide bonds. The molecule has 0 aromatic rings. The van der Waals surface area contributed by atoms with Gasteiger partial charge in [0.05, 0.1) is 6.04 Å². The van der Waals surface area contributed by atoms with E-state index in [1.165, 1.54) is 0 Å². The van der Waals surface area contributed by atoms with E-state index in [2.05, 4.69) is 5.32 Å². The standard InChI is InChI=1S/C10H18N2O4/c1-10(2,3)16-9(15)12-7(6-13)4-5-8(11)14/h6-7H,4-5H2,1-3H3,(H2,11,14)(H,12,15)/t7-/m1/s1. The first-order valence-corrected chi connectivity index (χ1v) is 4.97. The number of amides is 2. The number of ether oxygens (including phenoxy) is 1. The van der Waals surface area contributed by atoms with Gasteiger partial charge in [0.1, 0.15) is 11.9 Å². The van der Waals surface area contributed by atoms with E-state index in [0.717, 1.165) is 0 Å². The van der Waals surface area contributed by atoms with E-state index in [0.29, 0.717) is 6.29 Å². The number of hydrogen-bond donors (Lipinski definition) is 2. The number of alkyl carbamates (subject to hydrolysis) is 1. The number of carbonyl (C=O) groups excluding carboxylic acids is 3. The smallest absolute Gasteiger partial charge is 0.408 e. The Morgan fingerprint density at radius 2 is 2.00 bits per heavy atom. The molecule has 0 aromatic heterocycles. The van der Waals surface area contributed by atoms with Crippen LogP contribution in [-0.2, 0) is 14.3 Å². The first-order valence-electron chi connectivity index (χ1n) is 4.97. The first kappa shape index (κ1) is 14.4. The zero-order valence-electron chi connectivity index (χ0n) is 9.78. The third-order valence-electron chi connectivity index (χ3n) is 1.57. The predicted molar refractivity (Wildman–Crippen MR) is 57.7 cm³/mol. The third-order valence-corrected chi connectivity index (χ3v) is 1.57. The predicted octanol–water partition coefficient (Wildman–Crippen LogP) is 0.344.